The number of amides is 4. The SMILES string of the molecule is COC(=O)[C@H]1Cc2c([nH]c3ccccc23)[C@H](c2ccc(C(=O)N3CCN(CCCCCCCN[C@H](C(=O)N4C[C@H](O)C[C@H]4C(=O)N[C@@H](C)c4ccc(-c5scnc5C)cc4)C(C)(C)C)CC3)cc2)N1C(=O)CCl. The lowest BCUT2D eigenvalue weighted by molar-refractivity contribution is -0.154. The number of aryl methyl sites for hydroxylation is 1. The number of aliphatic hydroxyl groups excluding tert-OH is 1. The number of rotatable bonds is 18. The molecule has 2 aromatic heterocycles. The summed E-state index contributed by atoms with van der Waals surface area (Å²) < 4.78 is 5.17. The minimum atomic E-state index is -0.862. The normalized spacial score (nSPS) is 20.2. The van der Waals surface area contributed by atoms with E-state index in [2.05, 4.69) is 25.5 Å². The van der Waals surface area contributed by atoms with Gasteiger partial charge < -0.3 is 40.2 Å². The number of H-pyrrole nitrogens is 1. The van der Waals surface area contributed by atoms with Crippen molar-refractivity contribution in [2.45, 2.75) is 116 Å². The van der Waals surface area contributed by atoms with E-state index in [0.717, 1.165) is 101 Å². The first kappa shape index (κ1) is 53.6. The highest BCUT2D eigenvalue weighted by Crippen LogP contribution is 2.42. The molecule has 3 aliphatic rings. The van der Waals surface area contributed by atoms with Gasteiger partial charge in [0.15, 0.2) is 0 Å². The van der Waals surface area contributed by atoms with Gasteiger partial charge in [0.2, 0.25) is 17.7 Å². The fourth-order valence-corrected chi connectivity index (χ4v) is 11.8. The monoisotopic (exact) mass is 1030 g/mol. The molecule has 5 heterocycles. The third kappa shape index (κ3) is 12.2. The van der Waals surface area contributed by atoms with Crippen LogP contribution in [0.5, 0.6) is 0 Å². The van der Waals surface area contributed by atoms with Crippen molar-refractivity contribution >= 4 is 63.4 Å². The summed E-state index contributed by atoms with van der Waals surface area (Å²) in [6, 6.07) is 20.3. The van der Waals surface area contributed by atoms with E-state index in [1.807, 2.05) is 106 Å². The number of unbranched alkanes of at least 4 members (excludes halogenated alkanes) is 4. The van der Waals surface area contributed by atoms with Crippen molar-refractivity contribution in [3.63, 3.8) is 0 Å². The smallest absolute Gasteiger partial charge is 0.328 e. The van der Waals surface area contributed by atoms with Crippen LogP contribution in [0.15, 0.2) is 78.3 Å². The molecule has 4 amide bonds. The van der Waals surface area contributed by atoms with Gasteiger partial charge >= 0.3 is 5.97 Å². The van der Waals surface area contributed by atoms with Crippen molar-refractivity contribution in [1.82, 2.24) is 40.2 Å². The molecule has 2 fully saturated rings. The van der Waals surface area contributed by atoms with E-state index in [1.165, 1.54) is 12.0 Å². The summed E-state index contributed by atoms with van der Waals surface area (Å²) in [6.07, 6.45) is 4.86. The minimum Gasteiger partial charge on any atom is -0.467 e. The van der Waals surface area contributed by atoms with Crippen LogP contribution in [0.3, 0.4) is 0 Å². The molecule has 0 radical (unpaired) electrons. The number of nitrogens with zero attached hydrogens (tertiary/aromatic N) is 5. The van der Waals surface area contributed by atoms with Crippen LogP contribution in [0, 0.1) is 12.3 Å². The van der Waals surface area contributed by atoms with Gasteiger partial charge in [0, 0.05) is 67.7 Å². The van der Waals surface area contributed by atoms with Gasteiger partial charge in [-0.25, -0.2) is 9.78 Å². The first-order valence-electron chi connectivity index (χ1n) is 25.8. The lowest BCUT2D eigenvalue weighted by Gasteiger charge is -2.40. The van der Waals surface area contributed by atoms with Gasteiger partial charge in [-0.15, -0.1) is 22.9 Å². The number of alkyl halides is 1. The van der Waals surface area contributed by atoms with Gasteiger partial charge in [0.05, 0.1) is 47.4 Å². The molecule has 15 nitrogen and oxygen atoms in total. The second kappa shape index (κ2) is 23.7. The summed E-state index contributed by atoms with van der Waals surface area (Å²) in [4.78, 5) is 84.6. The van der Waals surface area contributed by atoms with E-state index >= 15 is 0 Å². The average Bonchev–Trinajstić information content (AvgIpc) is 4.12. The number of esters is 1. The summed E-state index contributed by atoms with van der Waals surface area (Å²) in [5.74, 6) is -1.66. The summed E-state index contributed by atoms with van der Waals surface area (Å²) in [5.41, 5.74) is 8.43. The van der Waals surface area contributed by atoms with Crippen LogP contribution in [0.4, 0.5) is 0 Å². The Morgan fingerprint density at radius 2 is 1.62 bits per heavy atom. The predicted molar refractivity (Wildman–Crippen MR) is 285 cm³/mol. The zero-order valence-electron chi connectivity index (χ0n) is 43.0. The highest BCUT2D eigenvalue weighted by atomic mass is 35.5. The van der Waals surface area contributed by atoms with Crippen molar-refractivity contribution in [3.8, 4) is 10.4 Å². The van der Waals surface area contributed by atoms with Crippen LogP contribution in [-0.4, -0.2) is 147 Å². The van der Waals surface area contributed by atoms with Crippen molar-refractivity contribution in [3.05, 3.63) is 112 Å². The second-order valence-corrected chi connectivity index (χ2v) is 22.1. The number of piperazine rings is 1. The number of benzene rings is 3. The van der Waals surface area contributed by atoms with Crippen LogP contribution >= 0.6 is 22.9 Å². The second-order valence-electron chi connectivity index (χ2n) is 20.9. The summed E-state index contributed by atoms with van der Waals surface area (Å²) in [6.45, 7) is 14.6. The lowest BCUT2D eigenvalue weighted by Crippen LogP contribution is -2.56. The minimum absolute atomic E-state index is 0.0412. The Bertz CT molecular complexity index is 2730. The Morgan fingerprint density at radius 3 is 2.29 bits per heavy atom. The molecule has 6 atom stereocenters. The number of aromatic nitrogens is 2. The van der Waals surface area contributed by atoms with Gasteiger partial charge in [-0.2, -0.15) is 0 Å². The fraction of sp³-hybridized carbons (Fsp3) is 0.500. The van der Waals surface area contributed by atoms with E-state index in [9.17, 15) is 29.1 Å². The summed E-state index contributed by atoms with van der Waals surface area (Å²) >= 11 is 7.73. The van der Waals surface area contributed by atoms with E-state index in [1.54, 1.807) is 28.4 Å². The Kier molecular flexibility index (Phi) is 17.4. The van der Waals surface area contributed by atoms with Gasteiger partial charge in [0.25, 0.3) is 5.91 Å². The van der Waals surface area contributed by atoms with E-state index < -0.39 is 41.7 Å². The number of aliphatic hydroxyl groups is 1. The molecular formula is C56H71ClN8O7S. The summed E-state index contributed by atoms with van der Waals surface area (Å²) in [7, 11) is 1.32. The van der Waals surface area contributed by atoms with E-state index in [-0.39, 0.29) is 48.5 Å². The number of methoxy groups -OCH3 is 1. The number of ether oxygens (including phenoxy) is 1. The maximum atomic E-state index is 14.2. The molecule has 73 heavy (non-hydrogen) atoms. The number of aromatic amines is 1. The first-order valence-corrected chi connectivity index (χ1v) is 27.2. The third-order valence-electron chi connectivity index (χ3n) is 14.9. The zero-order valence-corrected chi connectivity index (χ0v) is 44.6. The molecule has 2 saturated heterocycles. The predicted octanol–water partition coefficient (Wildman–Crippen LogP) is 7.41. The number of thiazole rings is 1. The molecule has 0 spiro atoms. The standard InChI is InChI=1S/C56H71ClN8O7S/c1-35(37-16-20-39(21-17-37)50-36(2)59-34-73-50)60-52(68)45-30-41(66)33-64(45)54(70)51(56(3,4)5)58-24-12-8-7-9-13-25-62-26-28-63(29-27-62)53(69)40-22-18-38(19-23-40)49-48-43(42-14-10-11-15-44(42)61-48)31-46(55(71)72-6)65(49)47(67)32-57/h10-11,14-23,34-35,41,45-46,49,51,58,61,66H,7-9,12-13,24-33H2,1-6H3,(H,60,68)/t35-,41+,45-,46+,49-,51+/m0/s1. The van der Waals surface area contributed by atoms with Crippen LogP contribution in [0.1, 0.15) is 117 Å². The quantitative estimate of drug-likeness (QED) is 0.0393. The molecule has 3 aliphatic heterocycles. The van der Waals surface area contributed by atoms with Crippen LogP contribution in [0.25, 0.3) is 21.3 Å². The molecule has 390 valence electrons. The average molecular weight is 1040 g/mol. The number of para-hydroxylation sites is 1. The molecule has 8 rings (SSSR count). The number of hydrogen-bond acceptors (Lipinski definition) is 11. The van der Waals surface area contributed by atoms with Gasteiger partial charge in [-0.3, -0.25) is 24.1 Å². The molecule has 0 bridgehead atoms. The number of β-amino-alcohol motifs (C(OH)–C–C–N with tert-alkyl or cyclic N) is 1. The van der Waals surface area contributed by atoms with Crippen molar-refractivity contribution < 1.29 is 33.8 Å². The highest BCUT2D eigenvalue weighted by molar-refractivity contribution is 7.13. The van der Waals surface area contributed by atoms with Crippen molar-refractivity contribution in [1.29, 1.82) is 0 Å². The highest BCUT2D eigenvalue weighted by Gasteiger charge is 2.45. The molecule has 0 aliphatic carbocycles. The van der Waals surface area contributed by atoms with Gasteiger partial charge in [0.1, 0.15) is 18.0 Å². The maximum Gasteiger partial charge on any atom is 0.328 e. The molecule has 17 heteroatoms. The molecule has 0 unspecified atom stereocenters. The largest absolute Gasteiger partial charge is 0.467 e. The van der Waals surface area contributed by atoms with Gasteiger partial charge in [-0.1, -0.05) is 94.6 Å². The first-order chi connectivity index (χ1) is 35.1. The topological polar surface area (TPSA) is 181 Å². The molecule has 3 aromatic carbocycles. The van der Waals surface area contributed by atoms with Gasteiger partial charge in [-0.05, 0) is 85.6 Å². The van der Waals surface area contributed by atoms with Crippen LogP contribution in [0.2, 0.25) is 0 Å². The molecule has 0 saturated carbocycles. The molecule has 4 N–H and O–H groups in total. The Hall–Kier alpha value is -5.65. The van der Waals surface area contributed by atoms with E-state index in [4.69, 9.17) is 16.3 Å². The third-order valence-corrected chi connectivity index (χ3v) is 16.1. The zero-order chi connectivity index (χ0) is 52.0. The van der Waals surface area contributed by atoms with Crippen LogP contribution in [-0.2, 0) is 30.3 Å². The fourth-order valence-electron chi connectivity index (χ4n) is 10.9. The maximum absolute atomic E-state index is 14.2. The molecule has 5 aromatic rings. The Morgan fingerprint density at radius 1 is 0.918 bits per heavy atom. The number of halogens is 1. The Labute approximate surface area is 438 Å². The number of likely N-dealkylation sites (tertiary alicyclic amines) is 1. The number of fused-ring (bicyclic) bond motifs is 3. The number of carbonyl (C=O) groups excluding carboxylic acids is 5. The van der Waals surface area contributed by atoms with Crippen molar-refractivity contribution in [2.24, 2.45) is 5.41 Å². The number of nitrogens with one attached hydrogen (secondary N) is 3. The Balaban J connectivity index is 0.763. The number of carbonyl (C=O) groups is 5. The number of hydrogen-bond donors (Lipinski definition) is 4. The van der Waals surface area contributed by atoms with E-state index in [0.29, 0.717) is 31.6 Å². The van der Waals surface area contributed by atoms with Crippen molar-refractivity contribution in [2.75, 3.05) is 58.8 Å². The lowest BCUT2D eigenvalue weighted by atomic mass is 9.85. The van der Waals surface area contributed by atoms with Crippen LogP contribution < -0.4 is 10.6 Å². The molecular weight excluding hydrogens is 964 g/mol. The summed E-state index contributed by atoms with van der Waals surface area (Å²) in [5, 5.41) is 18.3.